The molecule has 54 heavy (non-hydrogen) atoms. The lowest BCUT2D eigenvalue weighted by Gasteiger charge is -2.41. The number of amides is 3. The minimum atomic E-state index is -0.996. The van der Waals surface area contributed by atoms with E-state index < -0.39 is 24.3 Å². The van der Waals surface area contributed by atoms with Gasteiger partial charge in [-0.1, -0.05) is 122 Å². The number of ether oxygens (including phenoxy) is 3. The van der Waals surface area contributed by atoms with Gasteiger partial charge in [-0.15, -0.1) is 0 Å². The summed E-state index contributed by atoms with van der Waals surface area (Å²) in [5, 5.41) is 12.8. The Morgan fingerprint density at radius 3 is 2.31 bits per heavy atom. The summed E-state index contributed by atoms with van der Waals surface area (Å²) in [6, 6.07) is 33.3. The molecule has 276 valence electrons. The maximum absolute atomic E-state index is 13.3. The first-order chi connectivity index (χ1) is 26.4. The Balaban J connectivity index is 1.04. The van der Waals surface area contributed by atoms with Crippen molar-refractivity contribution in [2.75, 3.05) is 5.75 Å². The normalized spacial score (nSPS) is 21.2. The fraction of sp³-hybridized carbons (Fsp3) is 0.262. The molecule has 7 rings (SSSR count). The summed E-state index contributed by atoms with van der Waals surface area (Å²) in [6.45, 7) is 2.19. The second-order valence-electron chi connectivity index (χ2n) is 13.2. The van der Waals surface area contributed by atoms with E-state index in [2.05, 4.69) is 22.2 Å². The number of imide groups is 1. The fourth-order valence-electron chi connectivity index (χ4n) is 6.63. The molecule has 12 heteroatoms. The van der Waals surface area contributed by atoms with Gasteiger partial charge in [0, 0.05) is 29.6 Å². The van der Waals surface area contributed by atoms with Crippen LogP contribution in [0.5, 0.6) is 0 Å². The molecule has 2 N–H and O–H groups in total. The highest BCUT2D eigenvalue weighted by Gasteiger charge is 2.40. The van der Waals surface area contributed by atoms with E-state index >= 15 is 0 Å². The Hall–Kier alpha value is -5.40. The number of hydrogen-bond donors (Lipinski definition) is 2. The number of rotatable bonds is 12. The first-order valence-corrected chi connectivity index (χ1v) is 18.7. The van der Waals surface area contributed by atoms with Gasteiger partial charge in [0.1, 0.15) is 12.6 Å². The molecule has 5 aromatic rings. The number of thioether (sulfide) groups is 1. The van der Waals surface area contributed by atoms with E-state index in [-0.39, 0.29) is 50.2 Å². The average molecular weight is 745 g/mol. The van der Waals surface area contributed by atoms with Crippen molar-refractivity contribution in [3.05, 3.63) is 149 Å². The molecule has 3 amide bonds. The summed E-state index contributed by atoms with van der Waals surface area (Å²) in [7, 11) is 0. The zero-order valence-corrected chi connectivity index (χ0v) is 30.4. The summed E-state index contributed by atoms with van der Waals surface area (Å²) in [5.74, 6) is -0.212. The lowest BCUT2D eigenvalue weighted by Crippen LogP contribution is -2.41. The van der Waals surface area contributed by atoms with Crippen molar-refractivity contribution in [3.8, 4) is 11.1 Å². The van der Waals surface area contributed by atoms with E-state index in [1.54, 1.807) is 18.5 Å². The highest BCUT2D eigenvalue weighted by atomic mass is 32.2. The van der Waals surface area contributed by atoms with E-state index in [0.29, 0.717) is 10.9 Å². The number of aliphatic hydroxyl groups is 1. The van der Waals surface area contributed by atoms with Gasteiger partial charge in [-0.25, -0.2) is 14.8 Å². The molecule has 1 unspecified atom stereocenters. The lowest BCUT2D eigenvalue weighted by molar-refractivity contribution is -0.268. The average Bonchev–Trinajstić information content (AvgIpc) is 3.47. The molecule has 0 aliphatic carbocycles. The number of nitrogens with one attached hydrogen (secondary N) is 1. The van der Waals surface area contributed by atoms with Gasteiger partial charge in [-0.3, -0.25) is 14.5 Å². The number of aliphatic hydroxyl groups excluding tert-OH is 1. The Morgan fingerprint density at radius 2 is 1.57 bits per heavy atom. The first-order valence-electron chi connectivity index (χ1n) is 17.8. The molecule has 2 aliphatic heterocycles. The number of carbonyl (C=O) groups is 3. The van der Waals surface area contributed by atoms with Gasteiger partial charge in [0.2, 0.25) is 5.91 Å². The second kappa shape index (κ2) is 17.2. The number of nitrogens with zero attached hydrogens (tertiary/aromatic N) is 3. The minimum Gasteiger partial charge on any atom is -0.445 e. The van der Waals surface area contributed by atoms with Crippen molar-refractivity contribution >= 4 is 29.7 Å². The van der Waals surface area contributed by atoms with Crippen LogP contribution >= 0.6 is 11.8 Å². The molecule has 2 saturated heterocycles. The van der Waals surface area contributed by atoms with Crippen LogP contribution in [0.3, 0.4) is 0 Å². The lowest BCUT2D eigenvalue weighted by atomic mass is 9.91. The SMILES string of the molecule is C[C@H]1[C@@H](CSc2ncccn2)O[C@@H](c2ccc(-c3ccccc3CN3C(=O)CC(NC(=O)OCc4ccccc4)C3=O)cc2)O[C@H]1c1ccc(CO)cc1. The first kappa shape index (κ1) is 36.9. The summed E-state index contributed by atoms with van der Waals surface area (Å²) < 4.78 is 18.5. The van der Waals surface area contributed by atoms with E-state index in [4.69, 9.17) is 14.2 Å². The molecule has 11 nitrogen and oxygen atoms in total. The summed E-state index contributed by atoms with van der Waals surface area (Å²) >= 11 is 1.54. The topological polar surface area (TPSA) is 140 Å². The van der Waals surface area contributed by atoms with Crippen LogP contribution in [0, 0.1) is 5.92 Å². The molecule has 2 aliphatic rings. The Labute approximate surface area is 317 Å². The predicted molar refractivity (Wildman–Crippen MR) is 201 cm³/mol. The second-order valence-corrected chi connectivity index (χ2v) is 14.2. The van der Waals surface area contributed by atoms with E-state index in [0.717, 1.165) is 38.9 Å². The molecule has 5 atom stereocenters. The molecule has 4 aromatic carbocycles. The maximum atomic E-state index is 13.3. The van der Waals surface area contributed by atoms with Crippen molar-refractivity contribution in [1.29, 1.82) is 0 Å². The molecule has 1 aromatic heterocycles. The quantitative estimate of drug-likeness (QED) is 0.0799. The van der Waals surface area contributed by atoms with Crippen LogP contribution < -0.4 is 5.32 Å². The number of carbonyl (C=O) groups excluding carboxylic acids is 3. The van der Waals surface area contributed by atoms with Crippen molar-refractivity contribution < 1.29 is 33.7 Å². The highest BCUT2D eigenvalue weighted by Crippen LogP contribution is 2.43. The van der Waals surface area contributed by atoms with Crippen LogP contribution in [0.2, 0.25) is 0 Å². The molecular formula is C42H40N4O7S. The van der Waals surface area contributed by atoms with Gasteiger partial charge in [0.05, 0.1) is 31.8 Å². The number of aromatic nitrogens is 2. The zero-order valence-electron chi connectivity index (χ0n) is 29.6. The van der Waals surface area contributed by atoms with E-state index in [9.17, 15) is 19.5 Å². The van der Waals surface area contributed by atoms with Crippen molar-refractivity contribution in [3.63, 3.8) is 0 Å². The number of hydrogen-bond acceptors (Lipinski definition) is 10. The van der Waals surface area contributed by atoms with Gasteiger partial charge >= 0.3 is 6.09 Å². The molecule has 0 spiro atoms. The summed E-state index contributed by atoms with van der Waals surface area (Å²) in [5.41, 5.74) is 6.01. The monoisotopic (exact) mass is 744 g/mol. The molecule has 0 saturated carbocycles. The maximum Gasteiger partial charge on any atom is 0.408 e. The van der Waals surface area contributed by atoms with Crippen LogP contribution in [0.1, 0.15) is 53.6 Å². The molecule has 2 fully saturated rings. The van der Waals surface area contributed by atoms with Gasteiger partial charge in [-0.05, 0) is 39.4 Å². The molecule has 3 heterocycles. The Morgan fingerprint density at radius 1 is 0.870 bits per heavy atom. The number of likely N-dealkylation sites (tertiary alicyclic amines) is 1. The van der Waals surface area contributed by atoms with Crippen molar-refractivity contribution in [1.82, 2.24) is 20.2 Å². The summed E-state index contributed by atoms with van der Waals surface area (Å²) in [6.07, 6.45) is 1.45. The van der Waals surface area contributed by atoms with Crippen LogP contribution in [0.25, 0.3) is 11.1 Å². The molecule has 0 radical (unpaired) electrons. The predicted octanol–water partition coefficient (Wildman–Crippen LogP) is 6.77. The smallest absolute Gasteiger partial charge is 0.408 e. The van der Waals surface area contributed by atoms with Crippen LogP contribution in [0.15, 0.2) is 127 Å². The molecule has 0 bridgehead atoms. The van der Waals surface area contributed by atoms with Gasteiger partial charge in [0.15, 0.2) is 11.4 Å². The number of benzene rings is 4. The third-order valence-corrected chi connectivity index (χ3v) is 10.6. The Bertz CT molecular complexity index is 2050. The minimum absolute atomic E-state index is 0.00864. The Kier molecular flexibility index (Phi) is 11.7. The largest absolute Gasteiger partial charge is 0.445 e. The fourth-order valence-corrected chi connectivity index (χ4v) is 7.59. The van der Waals surface area contributed by atoms with Gasteiger partial charge < -0.3 is 24.6 Å². The zero-order chi connectivity index (χ0) is 37.4. The third-order valence-electron chi connectivity index (χ3n) is 9.63. The van der Waals surface area contributed by atoms with Crippen molar-refractivity contribution in [2.45, 2.75) is 62.8 Å². The van der Waals surface area contributed by atoms with Gasteiger partial charge in [-0.2, -0.15) is 0 Å². The van der Waals surface area contributed by atoms with E-state index in [1.165, 1.54) is 16.7 Å². The van der Waals surface area contributed by atoms with Gasteiger partial charge in [0.25, 0.3) is 5.91 Å². The van der Waals surface area contributed by atoms with Crippen molar-refractivity contribution in [2.24, 2.45) is 5.92 Å². The van der Waals surface area contributed by atoms with E-state index in [1.807, 2.05) is 103 Å². The highest BCUT2D eigenvalue weighted by molar-refractivity contribution is 7.99. The van der Waals surface area contributed by atoms with Crippen LogP contribution in [-0.2, 0) is 43.6 Å². The standard InChI is InChI=1S/C42H40N4O7S/c1-27-36(26-54-41-43-20-7-21-44-41)52-40(53-38(27)31-14-12-28(24-47)13-15-31)32-18-16-30(17-19-32)34-11-6-5-10-33(34)23-46-37(48)22-35(39(46)49)45-42(50)51-25-29-8-3-2-4-9-29/h2-21,27,35-36,38,40,47H,22-26H2,1H3,(H,45,50)/t27-,35?,36+,38+,40+/m0/s1. The van der Waals surface area contributed by atoms with Crippen LogP contribution in [0.4, 0.5) is 4.79 Å². The van der Waals surface area contributed by atoms with Crippen LogP contribution in [-0.4, -0.2) is 55.8 Å². The molecular weight excluding hydrogens is 705 g/mol. The summed E-state index contributed by atoms with van der Waals surface area (Å²) in [4.78, 5) is 48.7. The number of alkyl carbamates (subject to hydrolysis) is 1. The third kappa shape index (κ3) is 8.69.